The molecule has 0 aromatic rings. The van der Waals surface area contributed by atoms with Crippen LogP contribution in [0, 0.1) is 5.92 Å². The normalized spacial score (nSPS) is 22.1. The molecule has 0 saturated carbocycles. The highest BCUT2D eigenvalue weighted by atomic mass is 16.5. The molecule has 0 spiro atoms. The van der Waals surface area contributed by atoms with Crippen molar-refractivity contribution in [1.82, 2.24) is 10.2 Å². The second kappa shape index (κ2) is 8.45. The molecule has 18 heavy (non-hydrogen) atoms. The SMILES string of the molecule is CCOCCO[C@@H](C)C(=O)NC[C@H]1CCN(C)C1. The van der Waals surface area contributed by atoms with Crippen LogP contribution in [0.4, 0.5) is 0 Å². The highest BCUT2D eigenvalue weighted by Gasteiger charge is 2.21. The number of hydrogen-bond donors (Lipinski definition) is 1. The lowest BCUT2D eigenvalue weighted by atomic mass is 10.1. The Labute approximate surface area is 110 Å². The Morgan fingerprint density at radius 1 is 1.50 bits per heavy atom. The van der Waals surface area contributed by atoms with Gasteiger partial charge in [-0.25, -0.2) is 0 Å². The van der Waals surface area contributed by atoms with Crippen LogP contribution in [0.3, 0.4) is 0 Å². The van der Waals surface area contributed by atoms with Gasteiger partial charge in [0.25, 0.3) is 0 Å². The molecule has 0 unspecified atom stereocenters. The number of rotatable bonds is 8. The van der Waals surface area contributed by atoms with E-state index in [9.17, 15) is 4.79 Å². The van der Waals surface area contributed by atoms with Crippen molar-refractivity contribution in [3.8, 4) is 0 Å². The molecule has 1 heterocycles. The van der Waals surface area contributed by atoms with Crippen molar-refractivity contribution < 1.29 is 14.3 Å². The molecule has 1 fully saturated rings. The molecule has 5 heteroatoms. The molecule has 106 valence electrons. The van der Waals surface area contributed by atoms with E-state index in [1.807, 2.05) is 6.92 Å². The molecule has 1 aliphatic heterocycles. The van der Waals surface area contributed by atoms with Crippen LogP contribution in [-0.2, 0) is 14.3 Å². The first-order valence-electron chi connectivity index (χ1n) is 6.79. The number of likely N-dealkylation sites (tertiary alicyclic amines) is 1. The monoisotopic (exact) mass is 258 g/mol. The Morgan fingerprint density at radius 2 is 2.28 bits per heavy atom. The number of amides is 1. The van der Waals surface area contributed by atoms with Gasteiger partial charge in [-0.15, -0.1) is 0 Å². The van der Waals surface area contributed by atoms with Crippen molar-refractivity contribution in [2.24, 2.45) is 5.92 Å². The van der Waals surface area contributed by atoms with Crippen LogP contribution in [-0.4, -0.2) is 63.4 Å². The smallest absolute Gasteiger partial charge is 0.248 e. The van der Waals surface area contributed by atoms with E-state index >= 15 is 0 Å². The maximum Gasteiger partial charge on any atom is 0.248 e. The first-order valence-corrected chi connectivity index (χ1v) is 6.79. The Bertz CT molecular complexity index is 248. The zero-order chi connectivity index (χ0) is 13.4. The van der Waals surface area contributed by atoms with Gasteiger partial charge in [0.05, 0.1) is 13.2 Å². The zero-order valence-corrected chi connectivity index (χ0v) is 11.8. The largest absolute Gasteiger partial charge is 0.379 e. The van der Waals surface area contributed by atoms with E-state index in [1.165, 1.54) is 0 Å². The van der Waals surface area contributed by atoms with Gasteiger partial charge in [0.1, 0.15) is 6.10 Å². The van der Waals surface area contributed by atoms with Gasteiger partial charge in [-0.1, -0.05) is 0 Å². The summed E-state index contributed by atoms with van der Waals surface area (Å²) in [7, 11) is 2.11. The minimum atomic E-state index is -0.399. The van der Waals surface area contributed by atoms with Crippen LogP contribution < -0.4 is 5.32 Å². The van der Waals surface area contributed by atoms with E-state index in [1.54, 1.807) is 6.92 Å². The maximum atomic E-state index is 11.8. The molecule has 1 amide bonds. The summed E-state index contributed by atoms with van der Waals surface area (Å²) in [6, 6.07) is 0. The highest BCUT2D eigenvalue weighted by molar-refractivity contribution is 5.80. The van der Waals surface area contributed by atoms with Gasteiger partial charge in [0.2, 0.25) is 5.91 Å². The summed E-state index contributed by atoms with van der Waals surface area (Å²) in [5.74, 6) is 0.552. The lowest BCUT2D eigenvalue weighted by Gasteiger charge is -2.16. The molecule has 1 rings (SSSR count). The van der Waals surface area contributed by atoms with E-state index in [-0.39, 0.29) is 5.91 Å². The summed E-state index contributed by atoms with van der Waals surface area (Å²) in [4.78, 5) is 14.0. The summed E-state index contributed by atoms with van der Waals surface area (Å²) in [5.41, 5.74) is 0. The Balaban J connectivity index is 2.08. The predicted molar refractivity (Wildman–Crippen MR) is 70.5 cm³/mol. The third kappa shape index (κ3) is 5.80. The number of nitrogens with one attached hydrogen (secondary N) is 1. The van der Waals surface area contributed by atoms with Gasteiger partial charge in [-0.3, -0.25) is 4.79 Å². The quantitative estimate of drug-likeness (QED) is 0.644. The van der Waals surface area contributed by atoms with Crippen molar-refractivity contribution >= 4 is 5.91 Å². The zero-order valence-electron chi connectivity index (χ0n) is 11.8. The van der Waals surface area contributed by atoms with Crippen LogP contribution in [0.2, 0.25) is 0 Å². The number of hydrogen-bond acceptors (Lipinski definition) is 4. The van der Waals surface area contributed by atoms with Gasteiger partial charge < -0.3 is 19.7 Å². The fourth-order valence-corrected chi connectivity index (χ4v) is 2.09. The number of ether oxygens (including phenoxy) is 2. The van der Waals surface area contributed by atoms with Crippen molar-refractivity contribution in [3.05, 3.63) is 0 Å². The van der Waals surface area contributed by atoms with Crippen molar-refractivity contribution in [2.45, 2.75) is 26.4 Å². The summed E-state index contributed by atoms with van der Waals surface area (Å²) >= 11 is 0. The Kier molecular flexibility index (Phi) is 7.23. The Hall–Kier alpha value is -0.650. The Morgan fingerprint density at radius 3 is 2.89 bits per heavy atom. The molecule has 0 radical (unpaired) electrons. The number of carbonyl (C=O) groups excluding carboxylic acids is 1. The van der Waals surface area contributed by atoms with Gasteiger partial charge >= 0.3 is 0 Å². The highest BCUT2D eigenvalue weighted by Crippen LogP contribution is 2.12. The predicted octanol–water partition coefficient (Wildman–Crippen LogP) is 0.496. The van der Waals surface area contributed by atoms with Crippen LogP contribution in [0.5, 0.6) is 0 Å². The second-order valence-corrected chi connectivity index (χ2v) is 4.87. The maximum absolute atomic E-state index is 11.8. The van der Waals surface area contributed by atoms with Crippen molar-refractivity contribution in [3.63, 3.8) is 0 Å². The topological polar surface area (TPSA) is 50.8 Å². The average molecular weight is 258 g/mol. The molecule has 0 bridgehead atoms. The molecule has 0 aromatic carbocycles. The van der Waals surface area contributed by atoms with Crippen LogP contribution >= 0.6 is 0 Å². The van der Waals surface area contributed by atoms with Crippen molar-refractivity contribution in [2.75, 3.05) is 46.5 Å². The lowest BCUT2D eigenvalue weighted by Crippen LogP contribution is -2.38. The molecule has 1 N–H and O–H groups in total. The summed E-state index contributed by atoms with van der Waals surface area (Å²) in [6.45, 7) is 8.36. The summed E-state index contributed by atoms with van der Waals surface area (Å²) in [6.07, 6.45) is 0.765. The fraction of sp³-hybridized carbons (Fsp3) is 0.923. The molecule has 2 atom stereocenters. The first kappa shape index (κ1) is 15.4. The molecule has 5 nitrogen and oxygen atoms in total. The molecule has 1 aliphatic rings. The third-order valence-electron chi connectivity index (χ3n) is 3.22. The molecular formula is C13H26N2O3. The van der Waals surface area contributed by atoms with Gasteiger partial charge in [0, 0.05) is 19.7 Å². The number of nitrogens with zero attached hydrogens (tertiary/aromatic N) is 1. The standard InChI is InChI=1S/C13H26N2O3/c1-4-17-7-8-18-11(2)13(16)14-9-12-5-6-15(3)10-12/h11-12H,4-10H2,1-3H3,(H,14,16)/t11-,12+/m0/s1. The molecule has 1 saturated heterocycles. The average Bonchev–Trinajstić information content (AvgIpc) is 2.77. The minimum Gasteiger partial charge on any atom is -0.379 e. The lowest BCUT2D eigenvalue weighted by molar-refractivity contribution is -0.132. The summed E-state index contributed by atoms with van der Waals surface area (Å²) < 4.78 is 10.5. The van der Waals surface area contributed by atoms with E-state index in [2.05, 4.69) is 17.3 Å². The van der Waals surface area contributed by atoms with Crippen molar-refractivity contribution in [1.29, 1.82) is 0 Å². The van der Waals surface area contributed by atoms with E-state index in [0.29, 0.717) is 25.7 Å². The van der Waals surface area contributed by atoms with Crippen LogP contribution in [0.25, 0.3) is 0 Å². The van der Waals surface area contributed by atoms with E-state index < -0.39 is 6.10 Å². The molecule has 0 aliphatic carbocycles. The molecular weight excluding hydrogens is 232 g/mol. The second-order valence-electron chi connectivity index (χ2n) is 4.87. The fourth-order valence-electron chi connectivity index (χ4n) is 2.09. The van der Waals surface area contributed by atoms with Gasteiger partial charge in [-0.05, 0) is 39.8 Å². The van der Waals surface area contributed by atoms with Gasteiger partial charge in [-0.2, -0.15) is 0 Å². The first-order chi connectivity index (χ1) is 8.63. The van der Waals surface area contributed by atoms with E-state index in [4.69, 9.17) is 9.47 Å². The summed E-state index contributed by atoms with van der Waals surface area (Å²) in [5, 5.41) is 2.95. The van der Waals surface area contributed by atoms with Crippen LogP contribution in [0.1, 0.15) is 20.3 Å². The van der Waals surface area contributed by atoms with E-state index in [0.717, 1.165) is 26.1 Å². The number of carbonyl (C=O) groups is 1. The van der Waals surface area contributed by atoms with Gasteiger partial charge in [0.15, 0.2) is 0 Å². The minimum absolute atomic E-state index is 0.0268. The molecule has 0 aromatic heterocycles. The third-order valence-corrected chi connectivity index (χ3v) is 3.22. The van der Waals surface area contributed by atoms with Crippen LogP contribution in [0.15, 0.2) is 0 Å².